The second-order valence-electron chi connectivity index (χ2n) is 4.67. The molecule has 1 N–H and O–H groups in total. The molecule has 1 aliphatic rings. The predicted molar refractivity (Wildman–Crippen MR) is 69.7 cm³/mol. The number of hydrogen-bond acceptors (Lipinski definition) is 2. The molecule has 0 radical (unpaired) electrons. The van der Waals surface area contributed by atoms with Gasteiger partial charge in [0.2, 0.25) is 0 Å². The monoisotopic (exact) mass is 274 g/mol. The minimum absolute atomic E-state index is 0.0440. The van der Waals surface area contributed by atoms with Gasteiger partial charge in [-0.2, -0.15) is 0 Å². The maximum Gasteiger partial charge on any atom is 0.0629 e. The fourth-order valence-corrected chi connectivity index (χ4v) is 2.77. The summed E-state index contributed by atoms with van der Waals surface area (Å²) in [6.07, 6.45) is 1.60. The number of halogens is 2. The van der Waals surface area contributed by atoms with E-state index in [2.05, 4.69) is 0 Å². The highest BCUT2D eigenvalue weighted by atomic mass is 35.5. The first-order valence-corrected chi connectivity index (χ1v) is 6.50. The summed E-state index contributed by atoms with van der Waals surface area (Å²) in [6, 6.07) is 5.61. The SMILES string of the molecule is CC1OCCC1(CO)Cc1cccc(Cl)c1Cl. The van der Waals surface area contributed by atoms with Gasteiger partial charge in [-0.25, -0.2) is 0 Å². The molecule has 2 nitrogen and oxygen atoms in total. The van der Waals surface area contributed by atoms with Crippen LogP contribution < -0.4 is 0 Å². The van der Waals surface area contributed by atoms with Gasteiger partial charge in [-0.3, -0.25) is 0 Å². The van der Waals surface area contributed by atoms with Crippen LogP contribution in [-0.4, -0.2) is 24.4 Å². The minimum Gasteiger partial charge on any atom is -0.396 e. The first-order valence-electron chi connectivity index (χ1n) is 5.74. The van der Waals surface area contributed by atoms with Crippen molar-refractivity contribution in [2.45, 2.75) is 25.9 Å². The molecule has 0 aliphatic carbocycles. The summed E-state index contributed by atoms with van der Waals surface area (Å²) in [7, 11) is 0. The molecule has 1 heterocycles. The summed E-state index contributed by atoms with van der Waals surface area (Å²) < 4.78 is 5.57. The minimum atomic E-state index is -0.228. The van der Waals surface area contributed by atoms with E-state index in [0.29, 0.717) is 23.1 Å². The van der Waals surface area contributed by atoms with Gasteiger partial charge >= 0.3 is 0 Å². The van der Waals surface area contributed by atoms with E-state index >= 15 is 0 Å². The van der Waals surface area contributed by atoms with Crippen LogP contribution in [0.1, 0.15) is 18.9 Å². The molecule has 1 saturated heterocycles. The first kappa shape index (κ1) is 13.2. The Morgan fingerprint density at radius 1 is 1.47 bits per heavy atom. The molecule has 94 valence electrons. The van der Waals surface area contributed by atoms with Crippen LogP contribution in [0.4, 0.5) is 0 Å². The lowest BCUT2D eigenvalue weighted by Gasteiger charge is -2.30. The third-order valence-electron chi connectivity index (χ3n) is 3.72. The van der Waals surface area contributed by atoms with Crippen molar-refractivity contribution in [2.75, 3.05) is 13.2 Å². The quantitative estimate of drug-likeness (QED) is 0.916. The molecule has 4 heteroatoms. The second kappa shape index (κ2) is 5.15. The average molecular weight is 275 g/mol. The molecule has 0 saturated carbocycles. The van der Waals surface area contributed by atoms with Crippen LogP contribution in [0.15, 0.2) is 18.2 Å². The molecule has 0 bridgehead atoms. The Labute approximate surface area is 111 Å². The number of hydrogen-bond donors (Lipinski definition) is 1. The Kier molecular flexibility index (Phi) is 3.99. The van der Waals surface area contributed by atoms with Gasteiger partial charge in [0.1, 0.15) is 0 Å². The van der Waals surface area contributed by atoms with Crippen LogP contribution in [0.5, 0.6) is 0 Å². The Morgan fingerprint density at radius 2 is 2.24 bits per heavy atom. The van der Waals surface area contributed by atoms with Crippen molar-refractivity contribution in [3.8, 4) is 0 Å². The molecule has 2 rings (SSSR count). The van der Waals surface area contributed by atoms with Gasteiger partial charge in [-0.15, -0.1) is 0 Å². The first-order chi connectivity index (χ1) is 8.09. The van der Waals surface area contributed by atoms with E-state index in [0.717, 1.165) is 12.0 Å². The summed E-state index contributed by atoms with van der Waals surface area (Å²) in [5, 5.41) is 10.8. The average Bonchev–Trinajstić information content (AvgIpc) is 2.67. The Morgan fingerprint density at radius 3 is 2.82 bits per heavy atom. The smallest absolute Gasteiger partial charge is 0.0629 e. The molecule has 2 unspecified atom stereocenters. The van der Waals surface area contributed by atoms with E-state index in [4.69, 9.17) is 27.9 Å². The van der Waals surface area contributed by atoms with Crippen LogP contribution in [0.3, 0.4) is 0 Å². The van der Waals surface area contributed by atoms with Crippen LogP contribution in [0, 0.1) is 5.41 Å². The molecular formula is C13H16Cl2O2. The van der Waals surface area contributed by atoms with Crippen LogP contribution in [0.2, 0.25) is 10.0 Å². The van der Waals surface area contributed by atoms with Gasteiger partial charge in [0.15, 0.2) is 0 Å². The Balaban J connectivity index is 2.27. The highest BCUT2D eigenvalue weighted by Gasteiger charge is 2.41. The predicted octanol–water partition coefficient (Wildman–Crippen LogP) is 3.32. The number of aliphatic hydroxyl groups is 1. The van der Waals surface area contributed by atoms with Gasteiger partial charge in [0.05, 0.1) is 22.8 Å². The van der Waals surface area contributed by atoms with E-state index in [1.165, 1.54) is 0 Å². The highest BCUT2D eigenvalue weighted by molar-refractivity contribution is 6.42. The fourth-order valence-electron chi connectivity index (χ4n) is 2.38. The van der Waals surface area contributed by atoms with E-state index in [-0.39, 0.29) is 18.1 Å². The van der Waals surface area contributed by atoms with E-state index in [1.807, 2.05) is 19.1 Å². The summed E-state index contributed by atoms with van der Waals surface area (Å²) in [5.41, 5.74) is 0.750. The van der Waals surface area contributed by atoms with E-state index < -0.39 is 0 Å². The molecular weight excluding hydrogens is 259 g/mol. The summed E-state index contributed by atoms with van der Waals surface area (Å²) in [5.74, 6) is 0. The second-order valence-corrected chi connectivity index (χ2v) is 5.46. The topological polar surface area (TPSA) is 29.5 Å². The molecule has 1 aliphatic heterocycles. The summed E-state index contributed by atoms with van der Waals surface area (Å²) in [6.45, 7) is 2.80. The number of ether oxygens (including phenoxy) is 1. The zero-order valence-corrected chi connectivity index (χ0v) is 11.3. The van der Waals surface area contributed by atoms with Crippen molar-refractivity contribution in [1.29, 1.82) is 0 Å². The lowest BCUT2D eigenvalue weighted by molar-refractivity contribution is 0.0272. The van der Waals surface area contributed by atoms with Gasteiger partial charge in [0, 0.05) is 12.0 Å². The largest absolute Gasteiger partial charge is 0.396 e. The third kappa shape index (κ3) is 2.45. The third-order valence-corrected chi connectivity index (χ3v) is 4.58. The molecule has 0 aromatic heterocycles. The standard InChI is InChI=1S/C13H16Cl2O2/c1-9-13(8-16,5-6-17-9)7-10-3-2-4-11(14)12(10)15/h2-4,9,16H,5-8H2,1H3. The lowest BCUT2D eigenvalue weighted by Crippen LogP contribution is -2.35. The summed E-state index contributed by atoms with van der Waals surface area (Å²) >= 11 is 12.2. The Bertz CT molecular complexity index is 408. The van der Waals surface area contributed by atoms with Gasteiger partial charge in [0.25, 0.3) is 0 Å². The van der Waals surface area contributed by atoms with Crippen molar-refractivity contribution in [3.05, 3.63) is 33.8 Å². The highest BCUT2D eigenvalue weighted by Crippen LogP contribution is 2.40. The van der Waals surface area contributed by atoms with Crippen LogP contribution in [0.25, 0.3) is 0 Å². The van der Waals surface area contributed by atoms with E-state index in [1.54, 1.807) is 6.07 Å². The number of benzene rings is 1. The summed E-state index contributed by atoms with van der Waals surface area (Å²) in [4.78, 5) is 0. The number of aliphatic hydroxyl groups excluding tert-OH is 1. The molecule has 1 aromatic carbocycles. The van der Waals surface area contributed by atoms with Crippen LogP contribution >= 0.6 is 23.2 Å². The molecule has 0 spiro atoms. The zero-order valence-electron chi connectivity index (χ0n) is 9.75. The van der Waals surface area contributed by atoms with Crippen molar-refractivity contribution in [2.24, 2.45) is 5.41 Å². The lowest BCUT2D eigenvalue weighted by atomic mass is 9.77. The van der Waals surface area contributed by atoms with Crippen molar-refractivity contribution >= 4 is 23.2 Å². The zero-order chi connectivity index (χ0) is 12.5. The molecule has 1 fully saturated rings. The van der Waals surface area contributed by atoms with Crippen molar-refractivity contribution in [3.63, 3.8) is 0 Å². The molecule has 17 heavy (non-hydrogen) atoms. The van der Waals surface area contributed by atoms with E-state index in [9.17, 15) is 5.11 Å². The maximum absolute atomic E-state index is 9.65. The fraction of sp³-hybridized carbons (Fsp3) is 0.538. The molecule has 2 atom stereocenters. The Hall–Kier alpha value is -0.280. The van der Waals surface area contributed by atoms with Crippen molar-refractivity contribution < 1.29 is 9.84 Å². The molecule has 1 aromatic rings. The van der Waals surface area contributed by atoms with Gasteiger partial charge in [-0.1, -0.05) is 35.3 Å². The van der Waals surface area contributed by atoms with Crippen LogP contribution in [-0.2, 0) is 11.2 Å². The number of rotatable bonds is 3. The maximum atomic E-state index is 9.65. The van der Waals surface area contributed by atoms with Gasteiger partial charge in [-0.05, 0) is 31.4 Å². The normalized spacial score (nSPS) is 28.6. The van der Waals surface area contributed by atoms with Gasteiger partial charge < -0.3 is 9.84 Å². The molecule has 0 amide bonds. The van der Waals surface area contributed by atoms with Crippen molar-refractivity contribution in [1.82, 2.24) is 0 Å².